The van der Waals surface area contributed by atoms with Crippen LogP contribution in [0.5, 0.6) is 5.75 Å². The van der Waals surface area contributed by atoms with Crippen molar-refractivity contribution in [1.82, 2.24) is 30.7 Å². The van der Waals surface area contributed by atoms with Crippen molar-refractivity contribution in [2.24, 2.45) is 0 Å². The highest BCUT2D eigenvalue weighted by Crippen LogP contribution is 2.27. The Hall–Kier alpha value is -4.95. The van der Waals surface area contributed by atoms with E-state index >= 15 is 0 Å². The van der Waals surface area contributed by atoms with Crippen molar-refractivity contribution in [1.29, 1.82) is 0 Å². The fourth-order valence-corrected chi connectivity index (χ4v) is 7.84. The van der Waals surface area contributed by atoms with Gasteiger partial charge in [-0.15, -0.1) is 0 Å². The summed E-state index contributed by atoms with van der Waals surface area (Å²) >= 11 is 0. The molecule has 0 spiro atoms. The number of phenols is 1. The molecular formula is C39H54N6O9. The first-order valence-electron chi connectivity index (χ1n) is 19.4. The molecule has 0 bridgehead atoms. The van der Waals surface area contributed by atoms with Crippen LogP contribution in [0.25, 0.3) is 0 Å². The number of unbranched alkanes of at least 4 members (excludes halogenated alkanes) is 2. The number of hydrogen-bond donors (Lipinski definition) is 4. The van der Waals surface area contributed by atoms with Gasteiger partial charge in [0.25, 0.3) is 0 Å². The molecule has 4 N–H and O–H groups in total. The van der Waals surface area contributed by atoms with Crippen LogP contribution >= 0.6 is 0 Å². The van der Waals surface area contributed by atoms with Gasteiger partial charge in [-0.05, 0) is 89.0 Å². The molecule has 4 fully saturated rings. The fourth-order valence-electron chi connectivity index (χ4n) is 7.84. The van der Waals surface area contributed by atoms with Crippen LogP contribution in [0.2, 0.25) is 0 Å². The van der Waals surface area contributed by atoms with Crippen molar-refractivity contribution in [3.05, 3.63) is 42.0 Å². The molecule has 294 valence electrons. The summed E-state index contributed by atoms with van der Waals surface area (Å²) in [5.74, 6) is -4.05. The maximum atomic E-state index is 14.6. The number of ether oxygens (including phenoxy) is 1. The van der Waals surface area contributed by atoms with Gasteiger partial charge in [0.2, 0.25) is 35.4 Å². The van der Waals surface area contributed by atoms with E-state index in [2.05, 4.69) is 16.0 Å². The number of nitrogens with one attached hydrogen (secondary N) is 3. The largest absolute Gasteiger partial charge is 0.508 e. The van der Waals surface area contributed by atoms with Crippen molar-refractivity contribution >= 4 is 41.4 Å². The molecule has 15 nitrogen and oxygen atoms in total. The number of esters is 1. The third-order valence-electron chi connectivity index (χ3n) is 10.8. The second kappa shape index (κ2) is 18.4. The molecular weight excluding hydrogens is 696 g/mol. The highest BCUT2D eigenvalue weighted by Gasteiger charge is 2.46. The van der Waals surface area contributed by atoms with E-state index in [0.29, 0.717) is 63.5 Å². The fraction of sp³-hybridized carbons (Fsp3) is 0.615. The van der Waals surface area contributed by atoms with E-state index in [0.717, 1.165) is 12.8 Å². The highest BCUT2D eigenvalue weighted by molar-refractivity contribution is 5.98. The number of piperidine rings is 1. The van der Waals surface area contributed by atoms with Crippen LogP contribution in [0.1, 0.15) is 90.5 Å². The number of aromatic hydroxyl groups is 1. The lowest BCUT2D eigenvalue weighted by Crippen LogP contribution is -2.63. The van der Waals surface area contributed by atoms with Gasteiger partial charge in [-0.1, -0.05) is 38.0 Å². The highest BCUT2D eigenvalue weighted by atomic mass is 16.5. The summed E-state index contributed by atoms with van der Waals surface area (Å²) in [6.45, 7) is 5.83. The SMILES string of the molecule is CCCC/C=C/C(=O)N[C@@H](Cc1cccc(O)c1)C(=O)N[C@@H]1C(=O)N2CCC[C@@H]2C(=O)N2CCCC[C@@H]2C(=O)N[C@@H](C)C(=O)N2CCC[C@@H]2C(=O)O[C@H]1C. The smallest absolute Gasteiger partial charge is 0.329 e. The Balaban J connectivity index is 1.48. The Morgan fingerprint density at radius 1 is 0.907 bits per heavy atom. The van der Waals surface area contributed by atoms with E-state index in [9.17, 15) is 38.7 Å². The van der Waals surface area contributed by atoms with Crippen molar-refractivity contribution in [3.63, 3.8) is 0 Å². The van der Waals surface area contributed by atoms with Crippen LogP contribution in [0.3, 0.4) is 0 Å². The van der Waals surface area contributed by atoms with Gasteiger partial charge in [0.05, 0.1) is 0 Å². The molecule has 4 aliphatic heterocycles. The molecule has 7 atom stereocenters. The minimum atomic E-state index is -1.48. The topological polar surface area (TPSA) is 195 Å². The van der Waals surface area contributed by atoms with E-state index in [1.54, 1.807) is 25.1 Å². The van der Waals surface area contributed by atoms with Crippen molar-refractivity contribution in [2.75, 3.05) is 19.6 Å². The zero-order valence-electron chi connectivity index (χ0n) is 31.5. The van der Waals surface area contributed by atoms with Gasteiger partial charge in [-0.2, -0.15) is 0 Å². The lowest BCUT2D eigenvalue weighted by molar-refractivity contribution is -0.163. The molecule has 0 saturated carbocycles. The summed E-state index contributed by atoms with van der Waals surface area (Å²) in [7, 11) is 0. The Morgan fingerprint density at radius 2 is 1.57 bits per heavy atom. The monoisotopic (exact) mass is 750 g/mol. The van der Waals surface area contributed by atoms with Crippen LogP contribution in [-0.4, -0.2) is 123 Å². The molecule has 54 heavy (non-hydrogen) atoms. The zero-order chi connectivity index (χ0) is 38.9. The van der Waals surface area contributed by atoms with Gasteiger partial charge in [0, 0.05) is 26.1 Å². The first kappa shape index (κ1) is 40.2. The lowest BCUT2D eigenvalue weighted by atomic mass is 9.99. The van der Waals surface area contributed by atoms with Gasteiger partial charge < -0.3 is 40.5 Å². The molecule has 1 aromatic carbocycles. The van der Waals surface area contributed by atoms with Gasteiger partial charge in [-0.3, -0.25) is 28.8 Å². The van der Waals surface area contributed by atoms with E-state index < -0.39 is 83.8 Å². The minimum absolute atomic E-state index is 0.0299. The maximum Gasteiger partial charge on any atom is 0.329 e. The van der Waals surface area contributed by atoms with Gasteiger partial charge in [0.15, 0.2) is 0 Å². The van der Waals surface area contributed by atoms with Crippen LogP contribution in [0, 0.1) is 0 Å². The summed E-state index contributed by atoms with van der Waals surface area (Å²) in [5.41, 5.74) is 0.541. The molecule has 0 radical (unpaired) electrons. The van der Waals surface area contributed by atoms with Crippen LogP contribution in [0.4, 0.5) is 0 Å². The third-order valence-corrected chi connectivity index (χ3v) is 10.8. The predicted molar refractivity (Wildman–Crippen MR) is 196 cm³/mol. The quantitative estimate of drug-likeness (QED) is 0.164. The number of rotatable bonds is 9. The molecule has 5 rings (SSSR count). The van der Waals surface area contributed by atoms with Crippen LogP contribution < -0.4 is 16.0 Å². The molecule has 0 unspecified atom stereocenters. The number of benzene rings is 1. The summed E-state index contributed by atoms with van der Waals surface area (Å²) < 4.78 is 5.88. The number of carbonyl (C=O) groups is 7. The molecule has 0 aromatic heterocycles. The number of allylic oxidation sites excluding steroid dienone is 1. The minimum Gasteiger partial charge on any atom is -0.508 e. The van der Waals surface area contributed by atoms with E-state index in [-0.39, 0.29) is 25.3 Å². The molecule has 15 heteroatoms. The van der Waals surface area contributed by atoms with Gasteiger partial charge in [-0.25, -0.2) is 4.79 Å². The average molecular weight is 751 g/mol. The summed E-state index contributed by atoms with van der Waals surface area (Å²) in [4.78, 5) is 101. The summed E-state index contributed by atoms with van der Waals surface area (Å²) in [6, 6.07) is -0.138. The first-order chi connectivity index (χ1) is 25.9. The average Bonchev–Trinajstić information content (AvgIpc) is 3.85. The van der Waals surface area contributed by atoms with E-state index in [1.165, 1.54) is 39.8 Å². The molecule has 4 aliphatic rings. The Bertz CT molecular complexity index is 1620. The third kappa shape index (κ3) is 9.58. The second-order valence-electron chi connectivity index (χ2n) is 14.8. The number of carbonyl (C=O) groups excluding carboxylic acids is 7. The number of cyclic esters (lactones) is 1. The molecule has 4 heterocycles. The molecule has 6 amide bonds. The second-order valence-corrected chi connectivity index (χ2v) is 14.8. The van der Waals surface area contributed by atoms with E-state index in [1.807, 2.05) is 6.92 Å². The number of fused-ring (bicyclic) bond motifs is 3. The zero-order valence-corrected chi connectivity index (χ0v) is 31.5. The van der Waals surface area contributed by atoms with E-state index in [4.69, 9.17) is 4.74 Å². The number of amides is 6. The van der Waals surface area contributed by atoms with Crippen molar-refractivity contribution in [2.45, 2.75) is 134 Å². The molecule has 1 aromatic rings. The maximum absolute atomic E-state index is 14.6. The van der Waals surface area contributed by atoms with Crippen LogP contribution in [0.15, 0.2) is 36.4 Å². The van der Waals surface area contributed by atoms with Gasteiger partial charge in [0.1, 0.15) is 48.1 Å². The summed E-state index contributed by atoms with van der Waals surface area (Å²) in [5, 5.41) is 18.3. The molecule has 0 aliphatic carbocycles. The number of hydrogen-bond acceptors (Lipinski definition) is 9. The normalized spacial score (nSPS) is 27.5. The van der Waals surface area contributed by atoms with Crippen LogP contribution in [-0.2, 0) is 44.7 Å². The Kier molecular flexibility index (Phi) is 13.7. The summed E-state index contributed by atoms with van der Waals surface area (Å²) in [6.07, 6.45) is 7.71. The standard InChI is InChI=1S/C39H54N6O9/c1-4-5-6-7-18-32(47)41-28(23-26-13-10-14-27(46)22-26)34(48)42-33-25(3)54-39(53)31-17-12-21-45(31)36(50)24(2)40-35(49)29-15-8-9-19-43(29)37(51)30-16-11-20-44(30)38(33)52/h7,10,13-14,18,22,24-25,28-31,33,46H,4-6,8-9,11-12,15-17,19-21,23H2,1-3H3,(H,40,49)(H,41,47)(H,42,48)/b18-7+/t24-,25-,28-,29+,30+,31+,33-/m0/s1. The molecule has 4 saturated heterocycles. The lowest BCUT2D eigenvalue weighted by Gasteiger charge is -2.39. The first-order valence-corrected chi connectivity index (χ1v) is 19.4. The Labute approximate surface area is 316 Å². The number of nitrogens with zero attached hydrogens (tertiary/aromatic N) is 3. The number of phenolic OH excluding ortho intramolecular Hbond substituents is 1. The van der Waals surface area contributed by atoms with Crippen molar-refractivity contribution in [3.8, 4) is 5.75 Å². The van der Waals surface area contributed by atoms with Gasteiger partial charge >= 0.3 is 5.97 Å². The predicted octanol–water partition coefficient (Wildman–Crippen LogP) is 1.46. The Morgan fingerprint density at radius 3 is 2.30 bits per heavy atom. The van der Waals surface area contributed by atoms with Crippen molar-refractivity contribution < 1.29 is 43.4 Å².